The van der Waals surface area contributed by atoms with Crippen LogP contribution in [0, 0.1) is 6.92 Å². The lowest BCUT2D eigenvalue weighted by atomic mass is 10.2. The topological polar surface area (TPSA) is 89.3 Å². The fraction of sp³-hybridized carbons (Fsp3) is 0.591. The summed E-state index contributed by atoms with van der Waals surface area (Å²) in [5.74, 6) is 4.15. The van der Waals surface area contributed by atoms with Crippen LogP contribution in [0.25, 0.3) is 0 Å². The molecule has 0 spiro atoms. The molecule has 1 aromatic carbocycles. The highest BCUT2D eigenvalue weighted by atomic mass is 127. The van der Waals surface area contributed by atoms with Crippen molar-refractivity contribution in [3.05, 3.63) is 35.4 Å². The van der Waals surface area contributed by atoms with Crippen molar-refractivity contribution in [3.63, 3.8) is 0 Å². The van der Waals surface area contributed by atoms with Gasteiger partial charge in [0, 0.05) is 40.3 Å². The van der Waals surface area contributed by atoms with Gasteiger partial charge in [-0.05, 0) is 37.6 Å². The maximum atomic E-state index is 5.52. The van der Waals surface area contributed by atoms with E-state index in [-0.39, 0.29) is 30.8 Å². The van der Waals surface area contributed by atoms with Crippen LogP contribution in [0.5, 0.6) is 11.5 Å². The van der Waals surface area contributed by atoms with Crippen LogP contribution in [0.3, 0.4) is 0 Å². The van der Waals surface area contributed by atoms with E-state index in [1.54, 1.807) is 0 Å². The van der Waals surface area contributed by atoms with Crippen molar-refractivity contribution in [2.75, 3.05) is 53.2 Å². The minimum absolute atomic E-state index is 0. The van der Waals surface area contributed by atoms with E-state index in [4.69, 9.17) is 19.2 Å². The van der Waals surface area contributed by atoms with E-state index in [2.05, 4.69) is 31.4 Å². The first-order chi connectivity index (χ1) is 15.6. The average molecular weight is 571 g/mol. The number of guanidine groups is 1. The molecule has 3 heterocycles. The zero-order chi connectivity index (χ0) is 22.3. The summed E-state index contributed by atoms with van der Waals surface area (Å²) >= 11 is 0. The Morgan fingerprint density at radius 2 is 1.97 bits per heavy atom. The molecule has 0 amide bonds. The molecular formula is C22H34IN7O3. The number of hydrogen-bond donors (Lipinski definition) is 1. The summed E-state index contributed by atoms with van der Waals surface area (Å²) in [6.07, 6.45) is 1.04. The summed E-state index contributed by atoms with van der Waals surface area (Å²) in [5, 5.41) is 11.9. The maximum absolute atomic E-state index is 5.52. The molecule has 1 aromatic heterocycles. The summed E-state index contributed by atoms with van der Waals surface area (Å²) < 4.78 is 18.3. The molecule has 0 unspecified atom stereocenters. The van der Waals surface area contributed by atoms with E-state index >= 15 is 0 Å². The fourth-order valence-corrected chi connectivity index (χ4v) is 3.76. The van der Waals surface area contributed by atoms with Gasteiger partial charge in [-0.2, -0.15) is 0 Å². The van der Waals surface area contributed by atoms with Crippen LogP contribution < -0.4 is 14.8 Å². The van der Waals surface area contributed by atoms with Gasteiger partial charge in [-0.15, -0.1) is 34.2 Å². The predicted molar refractivity (Wildman–Crippen MR) is 136 cm³/mol. The monoisotopic (exact) mass is 571 g/mol. The smallest absolute Gasteiger partial charge is 0.231 e. The third-order valence-corrected chi connectivity index (χ3v) is 5.81. The number of rotatable bonds is 8. The Kier molecular flexibility index (Phi) is 9.56. The highest BCUT2D eigenvalue weighted by Crippen LogP contribution is 2.32. The van der Waals surface area contributed by atoms with Crippen LogP contribution in [0.15, 0.2) is 23.2 Å². The third kappa shape index (κ3) is 6.93. The van der Waals surface area contributed by atoms with E-state index in [9.17, 15) is 0 Å². The second-order valence-electron chi connectivity index (χ2n) is 8.14. The molecule has 1 N–H and O–H groups in total. The van der Waals surface area contributed by atoms with Gasteiger partial charge in [-0.1, -0.05) is 6.07 Å². The van der Waals surface area contributed by atoms with Gasteiger partial charge in [0.15, 0.2) is 23.3 Å². The lowest BCUT2D eigenvalue weighted by Crippen LogP contribution is -2.41. The number of fused-ring (bicyclic) bond motifs is 1. The predicted octanol–water partition coefficient (Wildman–Crippen LogP) is 1.77. The van der Waals surface area contributed by atoms with E-state index in [0.29, 0.717) is 13.1 Å². The summed E-state index contributed by atoms with van der Waals surface area (Å²) in [6.45, 7) is 8.97. The number of hydrogen-bond acceptors (Lipinski definition) is 7. The van der Waals surface area contributed by atoms with E-state index in [1.807, 2.05) is 37.7 Å². The number of halogens is 1. The van der Waals surface area contributed by atoms with Crippen molar-refractivity contribution in [2.24, 2.45) is 12.0 Å². The second-order valence-corrected chi connectivity index (χ2v) is 8.14. The van der Waals surface area contributed by atoms with Crippen LogP contribution >= 0.6 is 24.0 Å². The first-order valence-electron chi connectivity index (χ1n) is 11.1. The number of benzene rings is 1. The molecule has 33 heavy (non-hydrogen) atoms. The third-order valence-electron chi connectivity index (χ3n) is 5.81. The van der Waals surface area contributed by atoms with E-state index in [1.165, 1.54) is 0 Å². The molecule has 1 fully saturated rings. The molecule has 2 aliphatic heterocycles. The molecule has 0 radical (unpaired) electrons. The quantitative estimate of drug-likeness (QED) is 0.222. The number of nitrogens with zero attached hydrogens (tertiary/aromatic N) is 6. The van der Waals surface area contributed by atoms with E-state index < -0.39 is 0 Å². The summed E-state index contributed by atoms with van der Waals surface area (Å²) in [4.78, 5) is 9.41. The minimum Gasteiger partial charge on any atom is -0.454 e. The van der Waals surface area contributed by atoms with Crippen molar-refractivity contribution in [3.8, 4) is 11.5 Å². The van der Waals surface area contributed by atoms with Gasteiger partial charge < -0.3 is 29.0 Å². The average Bonchev–Trinajstić information content (AvgIpc) is 3.40. The molecular weight excluding hydrogens is 537 g/mol. The molecule has 1 saturated heterocycles. The zero-order valence-electron chi connectivity index (χ0n) is 19.6. The SMILES string of the molecule is Cc1nnc(CN=C(NCCCN2CCOCC2)N(C)Cc2ccc3c(c2)OCO3)n1C.I. The van der Waals surface area contributed by atoms with Gasteiger partial charge in [-0.3, -0.25) is 4.90 Å². The molecule has 4 rings (SSSR count). The standard InChI is InChI=1S/C22H33N7O3.HI/c1-17-25-26-21(28(17)3)14-24-22(23-7-4-8-29-9-11-30-12-10-29)27(2)15-18-5-6-19-20(13-18)32-16-31-19;/h5-6,13H,4,7-12,14-16H2,1-3H3,(H,23,24);1H. The number of morpholine rings is 1. The number of nitrogens with one attached hydrogen (secondary N) is 1. The van der Waals surface area contributed by atoms with Crippen LogP contribution in [-0.2, 0) is 24.9 Å². The van der Waals surface area contributed by atoms with Gasteiger partial charge >= 0.3 is 0 Å². The Morgan fingerprint density at radius 1 is 1.18 bits per heavy atom. The van der Waals surface area contributed by atoms with Crippen LogP contribution in [0.4, 0.5) is 0 Å². The van der Waals surface area contributed by atoms with Crippen LogP contribution in [0.2, 0.25) is 0 Å². The molecule has 2 aromatic rings. The largest absolute Gasteiger partial charge is 0.454 e. The van der Waals surface area contributed by atoms with Gasteiger partial charge in [0.2, 0.25) is 6.79 Å². The maximum Gasteiger partial charge on any atom is 0.231 e. The zero-order valence-corrected chi connectivity index (χ0v) is 21.9. The van der Waals surface area contributed by atoms with Crippen LogP contribution in [0.1, 0.15) is 23.6 Å². The first kappa shape index (κ1) is 25.5. The molecule has 0 aliphatic carbocycles. The van der Waals surface area contributed by atoms with Gasteiger partial charge in [0.05, 0.1) is 13.2 Å². The Bertz CT molecular complexity index is 931. The summed E-state index contributed by atoms with van der Waals surface area (Å²) in [5.41, 5.74) is 1.13. The second kappa shape index (κ2) is 12.4. The Balaban J connectivity index is 0.00000306. The molecule has 0 bridgehead atoms. The highest BCUT2D eigenvalue weighted by Gasteiger charge is 2.16. The van der Waals surface area contributed by atoms with Gasteiger partial charge in [0.25, 0.3) is 0 Å². The van der Waals surface area contributed by atoms with Crippen molar-refractivity contribution in [2.45, 2.75) is 26.4 Å². The van der Waals surface area contributed by atoms with Crippen molar-refractivity contribution >= 4 is 29.9 Å². The number of ether oxygens (including phenoxy) is 3. The molecule has 10 nitrogen and oxygen atoms in total. The Labute approximate surface area is 212 Å². The van der Waals surface area contributed by atoms with Gasteiger partial charge in [-0.25, -0.2) is 4.99 Å². The molecule has 11 heteroatoms. The number of aromatic nitrogens is 3. The molecule has 182 valence electrons. The van der Waals surface area contributed by atoms with Gasteiger partial charge in [0.1, 0.15) is 12.4 Å². The van der Waals surface area contributed by atoms with Crippen molar-refractivity contribution < 1.29 is 14.2 Å². The Hall–Kier alpha value is -2.12. The first-order valence-corrected chi connectivity index (χ1v) is 11.1. The van der Waals surface area contributed by atoms with E-state index in [0.717, 1.165) is 80.5 Å². The Morgan fingerprint density at radius 3 is 2.73 bits per heavy atom. The number of aliphatic imine (C=N–C) groups is 1. The fourth-order valence-electron chi connectivity index (χ4n) is 3.76. The molecule has 0 atom stereocenters. The summed E-state index contributed by atoms with van der Waals surface area (Å²) in [6, 6.07) is 6.05. The van der Waals surface area contributed by atoms with Crippen molar-refractivity contribution in [1.82, 2.24) is 29.9 Å². The lowest BCUT2D eigenvalue weighted by Gasteiger charge is -2.27. The highest BCUT2D eigenvalue weighted by molar-refractivity contribution is 14.0. The lowest BCUT2D eigenvalue weighted by molar-refractivity contribution is 0.0375. The summed E-state index contributed by atoms with van der Waals surface area (Å²) in [7, 11) is 4.01. The minimum atomic E-state index is 0. The van der Waals surface area contributed by atoms with Crippen LogP contribution in [-0.4, -0.2) is 83.8 Å². The van der Waals surface area contributed by atoms with Crippen molar-refractivity contribution in [1.29, 1.82) is 0 Å². The normalized spacial score (nSPS) is 15.9. The number of aryl methyl sites for hydroxylation is 1. The molecule has 0 saturated carbocycles. The molecule has 2 aliphatic rings.